The van der Waals surface area contributed by atoms with Gasteiger partial charge in [-0.05, 0) is 29.2 Å². The Bertz CT molecular complexity index is 727. The Morgan fingerprint density at radius 2 is 1.75 bits per heavy atom. The zero-order chi connectivity index (χ0) is 19.8. The van der Waals surface area contributed by atoms with Gasteiger partial charge in [0.1, 0.15) is 5.75 Å². The number of nitrogens with zero attached hydrogens (tertiary/aromatic N) is 1. The van der Waals surface area contributed by atoms with Gasteiger partial charge in [-0.25, -0.2) is 0 Å². The molecule has 3 rings (SSSR count). The molecular weight excluding hydrogens is 352 g/mol. The second-order valence-electron chi connectivity index (χ2n) is 7.26. The molecule has 0 bridgehead atoms. The van der Waals surface area contributed by atoms with Crippen molar-refractivity contribution in [2.75, 3.05) is 40.0 Å². The van der Waals surface area contributed by atoms with Gasteiger partial charge < -0.3 is 14.8 Å². The molecule has 1 amide bonds. The van der Waals surface area contributed by atoms with E-state index in [9.17, 15) is 4.79 Å². The van der Waals surface area contributed by atoms with Gasteiger partial charge in [0.2, 0.25) is 5.91 Å². The topological polar surface area (TPSA) is 50.8 Å². The van der Waals surface area contributed by atoms with Crippen LogP contribution < -0.4 is 10.1 Å². The van der Waals surface area contributed by atoms with E-state index < -0.39 is 0 Å². The smallest absolute Gasteiger partial charge is 0.220 e. The summed E-state index contributed by atoms with van der Waals surface area (Å²) in [5.41, 5.74) is 2.37. The van der Waals surface area contributed by atoms with Crippen LogP contribution in [0.1, 0.15) is 36.4 Å². The maximum absolute atomic E-state index is 12.6. The number of hydrogen-bond acceptors (Lipinski definition) is 4. The fourth-order valence-corrected chi connectivity index (χ4v) is 3.63. The molecule has 5 nitrogen and oxygen atoms in total. The molecule has 0 saturated carbocycles. The van der Waals surface area contributed by atoms with E-state index in [1.165, 1.54) is 11.1 Å². The summed E-state index contributed by atoms with van der Waals surface area (Å²) in [6, 6.07) is 18.4. The van der Waals surface area contributed by atoms with Gasteiger partial charge >= 0.3 is 0 Å². The molecule has 150 valence electrons. The van der Waals surface area contributed by atoms with Gasteiger partial charge in [-0.1, -0.05) is 49.4 Å². The van der Waals surface area contributed by atoms with E-state index in [4.69, 9.17) is 9.47 Å². The van der Waals surface area contributed by atoms with Crippen LogP contribution >= 0.6 is 0 Å². The summed E-state index contributed by atoms with van der Waals surface area (Å²) in [5.74, 6) is 1.12. The number of carbonyl (C=O) groups excluding carboxylic acids is 1. The highest BCUT2D eigenvalue weighted by Crippen LogP contribution is 2.24. The first-order valence-corrected chi connectivity index (χ1v) is 9.94. The van der Waals surface area contributed by atoms with Gasteiger partial charge in [-0.3, -0.25) is 9.69 Å². The third-order valence-corrected chi connectivity index (χ3v) is 5.34. The maximum Gasteiger partial charge on any atom is 0.220 e. The van der Waals surface area contributed by atoms with Crippen molar-refractivity contribution in [1.82, 2.24) is 10.2 Å². The zero-order valence-corrected chi connectivity index (χ0v) is 16.8. The molecule has 1 aliphatic rings. The van der Waals surface area contributed by atoms with Crippen LogP contribution in [0.15, 0.2) is 54.6 Å². The number of ether oxygens (including phenoxy) is 2. The molecule has 0 aromatic heterocycles. The van der Waals surface area contributed by atoms with Gasteiger partial charge in [0.05, 0.1) is 26.4 Å². The highest BCUT2D eigenvalue weighted by atomic mass is 16.5. The van der Waals surface area contributed by atoms with Gasteiger partial charge in [-0.2, -0.15) is 0 Å². The molecule has 1 saturated heterocycles. The van der Waals surface area contributed by atoms with Crippen LogP contribution in [-0.2, 0) is 9.53 Å². The van der Waals surface area contributed by atoms with Crippen LogP contribution in [0.4, 0.5) is 0 Å². The van der Waals surface area contributed by atoms with E-state index in [0.29, 0.717) is 13.0 Å². The van der Waals surface area contributed by atoms with Crippen molar-refractivity contribution in [2.45, 2.75) is 25.3 Å². The Balaban J connectivity index is 1.62. The number of nitrogens with one attached hydrogen (secondary N) is 1. The number of amides is 1. The Morgan fingerprint density at radius 1 is 1.07 bits per heavy atom. The van der Waals surface area contributed by atoms with Crippen molar-refractivity contribution < 1.29 is 14.3 Å². The lowest BCUT2D eigenvalue weighted by atomic mass is 9.97. The van der Waals surface area contributed by atoms with Crippen LogP contribution in [0, 0.1) is 0 Å². The van der Waals surface area contributed by atoms with E-state index in [-0.39, 0.29) is 17.9 Å². The van der Waals surface area contributed by atoms with Gasteiger partial charge in [0.15, 0.2) is 0 Å². The number of rotatable bonds is 8. The number of carbonyl (C=O) groups is 1. The number of benzene rings is 2. The molecule has 0 aliphatic carbocycles. The monoisotopic (exact) mass is 382 g/mol. The lowest BCUT2D eigenvalue weighted by molar-refractivity contribution is -0.121. The average molecular weight is 383 g/mol. The van der Waals surface area contributed by atoms with Crippen LogP contribution in [0.2, 0.25) is 0 Å². The van der Waals surface area contributed by atoms with Crippen LogP contribution in [0.5, 0.6) is 5.75 Å². The zero-order valence-electron chi connectivity index (χ0n) is 16.8. The highest BCUT2D eigenvalue weighted by Gasteiger charge is 2.23. The van der Waals surface area contributed by atoms with Gasteiger partial charge in [0, 0.05) is 26.1 Å². The molecule has 0 radical (unpaired) electrons. The SMILES string of the molecule is COc1ccc([C@@H](CNC(=O)C[C@H](C)c2ccccc2)N2CCOCC2)cc1. The van der Waals surface area contributed by atoms with Crippen LogP contribution in [0.25, 0.3) is 0 Å². The quantitative estimate of drug-likeness (QED) is 0.760. The predicted octanol–water partition coefficient (Wildman–Crippen LogP) is 3.38. The molecule has 1 heterocycles. The molecule has 0 spiro atoms. The first-order valence-electron chi connectivity index (χ1n) is 9.94. The van der Waals surface area contributed by atoms with E-state index in [0.717, 1.165) is 32.1 Å². The molecule has 5 heteroatoms. The number of hydrogen-bond donors (Lipinski definition) is 1. The maximum atomic E-state index is 12.6. The van der Waals surface area contributed by atoms with Crippen LogP contribution in [0.3, 0.4) is 0 Å². The normalized spacial score (nSPS) is 16.9. The minimum Gasteiger partial charge on any atom is -0.497 e. The van der Waals surface area contributed by atoms with Crippen molar-refractivity contribution in [1.29, 1.82) is 0 Å². The Hall–Kier alpha value is -2.37. The van der Waals surface area contributed by atoms with Crippen molar-refractivity contribution in [2.24, 2.45) is 0 Å². The Kier molecular flexibility index (Phi) is 7.46. The number of morpholine rings is 1. The summed E-state index contributed by atoms with van der Waals surface area (Å²) in [6.07, 6.45) is 0.489. The van der Waals surface area contributed by atoms with Crippen molar-refractivity contribution in [3.63, 3.8) is 0 Å². The fraction of sp³-hybridized carbons (Fsp3) is 0.435. The van der Waals surface area contributed by atoms with Crippen molar-refractivity contribution >= 4 is 5.91 Å². The lowest BCUT2D eigenvalue weighted by Crippen LogP contribution is -2.43. The van der Waals surface area contributed by atoms with Crippen molar-refractivity contribution in [3.05, 3.63) is 65.7 Å². The minimum absolute atomic E-state index is 0.0862. The summed E-state index contributed by atoms with van der Waals surface area (Å²) >= 11 is 0. The molecule has 1 fully saturated rings. The van der Waals surface area contributed by atoms with Crippen LogP contribution in [-0.4, -0.2) is 50.8 Å². The summed E-state index contributed by atoms with van der Waals surface area (Å²) in [7, 11) is 1.67. The second-order valence-corrected chi connectivity index (χ2v) is 7.26. The summed E-state index contributed by atoms with van der Waals surface area (Å²) in [6.45, 7) is 5.88. The summed E-state index contributed by atoms with van der Waals surface area (Å²) in [4.78, 5) is 15.0. The third-order valence-electron chi connectivity index (χ3n) is 5.34. The largest absolute Gasteiger partial charge is 0.497 e. The summed E-state index contributed by atoms with van der Waals surface area (Å²) < 4.78 is 10.8. The Morgan fingerprint density at radius 3 is 2.39 bits per heavy atom. The predicted molar refractivity (Wildman–Crippen MR) is 111 cm³/mol. The molecule has 1 aliphatic heterocycles. The molecule has 2 aromatic carbocycles. The molecule has 2 atom stereocenters. The molecule has 1 N–H and O–H groups in total. The first-order chi connectivity index (χ1) is 13.7. The third kappa shape index (κ3) is 5.57. The fourth-order valence-electron chi connectivity index (χ4n) is 3.63. The molecule has 28 heavy (non-hydrogen) atoms. The molecular formula is C23H30N2O3. The standard InChI is InChI=1S/C23H30N2O3/c1-18(19-6-4-3-5-7-19)16-23(26)24-17-22(25-12-14-28-15-13-25)20-8-10-21(27-2)11-9-20/h3-11,18,22H,12-17H2,1-2H3,(H,24,26)/t18-,22+/m0/s1. The Labute approximate surface area is 167 Å². The first kappa shape index (κ1) is 20.4. The molecule has 2 aromatic rings. The highest BCUT2D eigenvalue weighted by molar-refractivity contribution is 5.76. The number of methoxy groups -OCH3 is 1. The van der Waals surface area contributed by atoms with E-state index >= 15 is 0 Å². The van der Waals surface area contributed by atoms with E-state index in [2.05, 4.69) is 41.4 Å². The lowest BCUT2D eigenvalue weighted by Gasteiger charge is -2.35. The van der Waals surface area contributed by atoms with Gasteiger partial charge in [0.25, 0.3) is 0 Å². The molecule has 0 unspecified atom stereocenters. The van der Waals surface area contributed by atoms with Gasteiger partial charge in [-0.15, -0.1) is 0 Å². The minimum atomic E-state index is 0.0862. The summed E-state index contributed by atoms with van der Waals surface area (Å²) in [5, 5.41) is 3.16. The second kappa shape index (κ2) is 10.2. The average Bonchev–Trinajstić information content (AvgIpc) is 2.75. The van der Waals surface area contributed by atoms with E-state index in [1.54, 1.807) is 7.11 Å². The van der Waals surface area contributed by atoms with E-state index in [1.807, 2.05) is 30.3 Å². The van der Waals surface area contributed by atoms with Crippen molar-refractivity contribution in [3.8, 4) is 5.75 Å².